The Morgan fingerprint density at radius 2 is 2.17 bits per heavy atom. The summed E-state index contributed by atoms with van der Waals surface area (Å²) in [6.07, 6.45) is 7.24. The molecule has 2 aliphatic rings. The van der Waals surface area contributed by atoms with Crippen molar-refractivity contribution in [2.24, 2.45) is 5.92 Å². The summed E-state index contributed by atoms with van der Waals surface area (Å²) in [6.45, 7) is 0.930. The fourth-order valence-corrected chi connectivity index (χ4v) is 5.92. The van der Waals surface area contributed by atoms with E-state index in [2.05, 4.69) is 4.90 Å². The number of hydrogen-bond donors (Lipinski definition) is 0. The molecule has 2 fully saturated rings. The minimum absolute atomic E-state index is 0.211. The first-order chi connectivity index (χ1) is 11.6. The van der Waals surface area contributed by atoms with Gasteiger partial charge in [-0.15, -0.1) is 11.3 Å². The lowest BCUT2D eigenvalue weighted by atomic mass is 9.83. The van der Waals surface area contributed by atoms with Crippen molar-refractivity contribution in [1.82, 2.24) is 4.90 Å². The maximum Gasteiger partial charge on any atom is 0.222 e. The Bertz CT molecular complexity index is 774. The minimum Gasteiger partial charge on any atom is -0.340 e. The van der Waals surface area contributed by atoms with Crippen LogP contribution in [-0.4, -0.2) is 23.4 Å². The lowest BCUT2D eigenvalue weighted by molar-refractivity contribution is -0.130. The van der Waals surface area contributed by atoms with E-state index in [1.54, 1.807) is 23.5 Å². The highest BCUT2D eigenvalue weighted by Crippen LogP contribution is 2.40. The molecule has 0 N–H and O–H groups in total. The highest BCUT2D eigenvalue weighted by atomic mass is 35.5. The minimum atomic E-state index is -0.211. The van der Waals surface area contributed by atoms with E-state index in [9.17, 15) is 9.18 Å². The number of amides is 1. The second kappa shape index (κ2) is 6.64. The number of carbonyl (C=O) groups is 1. The van der Waals surface area contributed by atoms with Crippen LogP contribution in [0.4, 0.5) is 4.39 Å². The van der Waals surface area contributed by atoms with E-state index in [4.69, 9.17) is 11.6 Å². The lowest BCUT2D eigenvalue weighted by Crippen LogP contribution is -2.39. The Morgan fingerprint density at radius 1 is 1.29 bits per heavy atom. The Balaban J connectivity index is 1.50. The van der Waals surface area contributed by atoms with Crippen LogP contribution in [0.3, 0.4) is 0 Å². The molecular formula is C19H21ClFNOS. The molecule has 1 aliphatic heterocycles. The van der Waals surface area contributed by atoms with E-state index in [-0.39, 0.29) is 5.82 Å². The molecule has 128 valence electrons. The van der Waals surface area contributed by atoms with Gasteiger partial charge in [-0.3, -0.25) is 4.79 Å². The molecule has 1 aromatic carbocycles. The van der Waals surface area contributed by atoms with Crippen LogP contribution in [0, 0.1) is 11.7 Å². The zero-order valence-electron chi connectivity index (χ0n) is 13.6. The third kappa shape index (κ3) is 3.06. The van der Waals surface area contributed by atoms with E-state index in [0.717, 1.165) is 58.6 Å². The molecule has 0 radical (unpaired) electrons. The van der Waals surface area contributed by atoms with Crippen LogP contribution in [0.1, 0.15) is 43.4 Å². The number of carbonyl (C=O) groups excluding carboxylic acids is 1. The first kappa shape index (κ1) is 16.3. The van der Waals surface area contributed by atoms with Gasteiger partial charge in [0.2, 0.25) is 5.91 Å². The maximum atomic E-state index is 13.4. The van der Waals surface area contributed by atoms with E-state index < -0.39 is 0 Å². The predicted octanol–water partition coefficient (Wildman–Crippen LogP) is 5.42. The third-order valence-corrected chi connectivity index (χ3v) is 7.16. The average Bonchev–Trinajstić information content (AvgIpc) is 3.12. The summed E-state index contributed by atoms with van der Waals surface area (Å²) in [5.74, 6) is 0.681. The van der Waals surface area contributed by atoms with Crippen molar-refractivity contribution < 1.29 is 9.18 Å². The highest BCUT2D eigenvalue weighted by Gasteiger charge is 2.32. The first-order valence-corrected chi connectivity index (χ1v) is 9.97. The second-order valence-corrected chi connectivity index (χ2v) is 8.58. The Kier molecular flexibility index (Phi) is 4.52. The fraction of sp³-hybridized carbons (Fsp3) is 0.526. The molecule has 2 unspecified atom stereocenters. The van der Waals surface area contributed by atoms with Crippen molar-refractivity contribution in [1.29, 1.82) is 0 Å². The van der Waals surface area contributed by atoms with E-state index in [0.29, 0.717) is 17.9 Å². The van der Waals surface area contributed by atoms with E-state index in [1.807, 2.05) is 0 Å². The van der Waals surface area contributed by atoms with Crippen molar-refractivity contribution in [3.63, 3.8) is 0 Å². The summed E-state index contributed by atoms with van der Waals surface area (Å²) < 4.78 is 14.4. The van der Waals surface area contributed by atoms with Crippen molar-refractivity contribution in [2.75, 3.05) is 6.54 Å². The number of thiophene rings is 1. The smallest absolute Gasteiger partial charge is 0.222 e. The van der Waals surface area contributed by atoms with Crippen LogP contribution in [0.2, 0.25) is 5.02 Å². The van der Waals surface area contributed by atoms with E-state index in [1.165, 1.54) is 18.9 Å². The van der Waals surface area contributed by atoms with Crippen molar-refractivity contribution in [3.8, 4) is 0 Å². The molecule has 4 rings (SSSR count). The van der Waals surface area contributed by atoms with Crippen LogP contribution < -0.4 is 0 Å². The second-order valence-electron chi connectivity index (χ2n) is 7.06. The van der Waals surface area contributed by atoms with Gasteiger partial charge in [-0.1, -0.05) is 18.0 Å². The molecule has 2 heterocycles. The molecular weight excluding hydrogens is 345 g/mol. The topological polar surface area (TPSA) is 20.3 Å². The van der Waals surface area contributed by atoms with E-state index >= 15 is 0 Å². The molecule has 2 nitrogen and oxygen atoms in total. The van der Waals surface area contributed by atoms with Crippen LogP contribution in [-0.2, 0) is 11.2 Å². The van der Waals surface area contributed by atoms with Gasteiger partial charge in [-0.25, -0.2) is 4.39 Å². The standard InChI is InChI=1S/C19H21ClFNOS/c20-19-15-7-6-13(21)11-16(15)24-17(19)10-12-3-1-4-14(9-12)22-8-2-5-18(22)23/h6-7,11-12,14H,1-5,8-10H2. The molecule has 1 saturated carbocycles. The molecule has 1 aromatic heterocycles. The first-order valence-electron chi connectivity index (χ1n) is 8.77. The van der Waals surface area contributed by atoms with Gasteiger partial charge in [0.25, 0.3) is 0 Å². The van der Waals surface area contributed by atoms with Crippen molar-refractivity contribution in [2.45, 2.75) is 51.0 Å². The molecule has 0 bridgehead atoms. The lowest BCUT2D eigenvalue weighted by Gasteiger charge is -2.35. The summed E-state index contributed by atoms with van der Waals surface area (Å²) in [5.41, 5.74) is 0. The summed E-state index contributed by atoms with van der Waals surface area (Å²) in [7, 11) is 0. The molecule has 1 aliphatic carbocycles. The Morgan fingerprint density at radius 3 is 2.96 bits per heavy atom. The van der Waals surface area contributed by atoms with Gasteiger partial charge in [0.1, 0.15) is 5.82 Å². The number of rotatable bonds is 3. The largest absolute Gasteiger partial charge is 0.340 e. The van der Waals surface area contributed by atoms with Crippen LogP contribution in [0.25, 0.3) is 10.1 Å². The summed E-state index contributed by atoms with van der Waals surface area (Å²) in [4.78, 5) is 15.3. The zero-order chi connectivity index (χ0) is 16.7. The van der Waals surface area contributed by atoms with Gasteiger partial charge in [0.15, 0.2) is 0 Å². The maximum absolute atomic E-state index is 13.4. The monoisotopic (exact) mass is 365 g/mol. The summed E-state index contributed by atoms with van der Waals surface area (Å²) in [6, 6.07) is 5.23. The molecule has 2 aromatic rings. The SMILES string of the molecule is O=C1CCCN1C1CCCC(Cc2sc3cc(F)ccc3c2Cl)C1. The molecule has 5 heteroatoms. The fourth-order valence-electron chi connectivity index (χ4n) is 4.27. The van der Waals surface area contributed by atoms with Gasteiger partial charge in [-0.05, 0) is 56.2 Å². The molecule has 1 saturated heterocycles. The number of halogens is 2. The van der Waals surface area contributed by atoms with Crippen LogP contribution in [0.15, 0.2) is 18.2 Å². The summed E-state index contributed by atoms with van der Waals surface area (Å²) in [5, 5.41) is 1.74. The molecule has 1 amide bonds. The number of likely N-dealkylation sites (tertiary alicyclic amines) is 1. The Labute approximate surface area is 150 Å². The quantitative estimate of drug-likeness (QED) is 0.711. The van der Waals surface area contributed by atoms with Gasteiger partial charge in [0.05, 0.1) is 5.02 Å². The predicted molar refractivity (Wildman–Crippen MR) is 97.2 cm³/mol. The average molecular weight is 366 g/mol. The van der Waals surface area contributed by atoms with Crippen molar-refractivity contribution in [3.05, 3.63) is 33.9 Å². The zero-order valence-corrected chi connectivity index (χ0v) is 15.1. The summed E-state index contributed by atoms with van der Waals surface area (Å²) >= 11 is 8.15. The van der Waals surface area contributed by atoms with Gasteiger partial charge >= 0.3 is 0 Å². The van der Waals surface area contributed by atoms with Gasteiger partial charge in [0, 0.05) is 34.0 Å². The molecule has 2 atom stereocenters. The molecule has 0 spiro atoms. The van der Waals surface area contributed by atoms with Crippen molar-refractivity contribution >= 4 is 38.9 Å². The number of benzene rings is 1. The Hall–Kier alpha value is -1.13. The highest BCUT2D eigenvalue weighted by molar-refractivity contribution is 7.19. The number of fused-ring (bicyclic) bond motifs is 1. The molecule has 24 heavy (non-hydrogen) atoms. The van der Waals surface area contributed by atoms with Gasteiger partial charge < -0.3 is 4.90 Å². The van der Waals surface area contributed by atoms with Gasteiger partial charge in [-0.2, -0.15) is 0 Å². The van der Waals surface area contributed by atoms with Crippen LogP contribution >= 0.6 is 22.9 Å². The number of nitrogens with zero attached hydrogens (tertiary/aromatic N) is 1. The normalized spacial score (nSPS) is 24.9. The number of hydrogen-bond acceptors (Lipinski definition) is 2. The van der Waals surface area contributed by atoms with Crippen LogP contribution in [0.5, 0.6) is 0 Å². The third-order valence-electron chi connectivity index (χ3n) is 5.44.